The second-order valence-corrected chi connectivity index (χ2v) is 10.4. The Morgan fingerprint density at radius 1 is 1.13 bits per heavy atom. The molecule has 1 saturated carbocycles. The fraction of sp³-hybridized carbons (Fsp3) is 0.654. The molecule has 0 unspecified atom stereocenters. The normalized spacial score (nSPS) is 23.7. The van der Waals surface area contributed by atoms with Crippen molar-refractivity contribution in [1.29, 1.82) is 0 Å². The summed E-state index contributed by atoms with van der Waals surface area (Å²) in [4.78, 5) is 17.4. The number of benzene rings is 1. The van der Waals surface area contributed by atoms with E-state index in [-0.39, 0.29) is 23.5 Å². The average molecular weight is 411 g/mol. The molecule has 2 heterocycles. The fourth-order valence-electron chi connectivity index (χ4n) is 5.94. The SMILES string of the molecule is CCC(CC)[C@@H]1c2c([nH]c3ccccc23)C2(CCCCC2)N[C@@H]1C(=O)OC(C)(C)C. The van der Waals surface area contributed by atoms with Crippen molar-refractivity contribution < 1.29 is 9.53 Å². The van der Waals surface area contributed by atoms with Gasteiger partial charge in [-0.25, -0.2) is 0 Å². The van der Waals surface area contributed by atoms with E-state index in [4.69, 9.17) is 4.74 Å². The first-order valence-electron chi connectivity index (χ1n) is 11.9. The molecule has 4 heteroatoms. The van der Waals surface area contributed by atoms with E-state index >= 15 is 0 Å². The molecule has 0 amide bonds. The maximum Gasteiger partial charge on any atom is 0.324 e. The molecule has 2 aliphatic rings. The minimum atomic E-state index is -0.489. The molecule has 1 aliphatic heterocycles. The molecule has 2 aromatic rings. The number of para-hydroxylation sites is 1. The second kappa shape index (κ2) is 8.03. The Hall–Kier alpha value is -1.81. The van der Waals surface area contributed by atoms with Gasteiger partial charge in [-0.2, -0.15) is 0 Å². The molecule has 2 N–H and O–H groups in total. The van der Waals surface area contributed by atoms with Gasteiger partial charge in [-0.3, -0.25) is 10.1 Å². The second-order valence-electron chi connectivity index (χ2n) is 10.4. The maximum absolute atomic E-state index is 13.6. The van der Waals surface area contributed by atoms with Crippen molar-refractivity contribution >= 4 is 16.9 Å². The van der Waals surface area contributed by atoms with Crippen LogP contribution < -0.4 is 5.32 Å². The van der Waals surface area contributed by atoms with Gasteiger partial charge in [-0.1, -0.05) is 64.2 Å². The van der Waals surface area contributed by atoms with Gasteiger partial charge in [-0.15, -0.1) is 0 Å². The molecule has 1 aliphatic carbocycles. The number of carbonyl (C=O) groups is 1. The number of esters is 1. The summed E-state index contributed by atoms with van der Waals surface area (Å²) in [6.45, 7) is 10.4. The molecule has 1 fully saturated rings. The minimum absolute atomic E-state index is 0.0970. The summed E-state index contributed by atoms with van der Waals surface area (Å²) in [7, 11) is 0. The van der Waals surface area contributed by atoms with Crippen LogP contribution >= 0.6 is 0 Å². The van der Waals surface area contributed by atoms with Gasteiger partial charge < -0.3 is 9.72 Å². The molecule has 0 bridgehead atoms. The zero-order valence-corrected chi connectivity index (χ0v) is 19.3. The number of aromatic nitrogens is 1. The number of carbonyl (C=O) groups excluding carboxylic acids is 1. The number of H-pyrrole nitrogens is 1. The van der Waals surface area contributed by atoms with Crippen molar-refractivity contribution in [2.45, 2.75) is 103 Å². The van der Waals surface area contributed by atoms with Crippen molar-refractivity contribution in [2.75, 3.05) is 0 Å². The highest BCUT2D eigenvalue weighted by atomic mass is 16.6. The molecule has 1 spiro atoms. The van der Waals surface area contributed by atoms with Crippen LogP contribution in [0.4, 0.5) is 0 Å². The summed E-state index contributed by atoms with van der Waals surface area (Å²) in [5.74, 6) is 0.447. The quantitative estimate of drug-likeness (QED) is 0.593. The maximum atomic E-state index is 13.6. The van der Waals surface area contributed by atoms with E-state index in [0.717, 1.165) is 25.7 Å². The number of hydrogen-bond donors (Lipinski definition) is 2. The van der Waals surface area contributed by atoms with E-state index in [1.807, 2.05) is 20.8 Å². The molecule has 164 valence electrons. The number of hydrogen-bond acceptors (Lipinski definition) is 3. The summed E-state index contributed by atoms with van der Waals surface area (Å²) in [6, 6.07) is 8.32. The number of aromatic amines is 1. The lowest BCUT2D eigenvalue weighted by Crippen LogP contribution is -2.60. The van der Waals surface area contributed by atoms with Crippen molar-refractivity contribution in [3.8, 4) is 0 Å². The zero-order valence-electron chi connectivity index (χ0n) is 19.3. The molecule has 2 atom stereocenters. The molecular formula is C26H38N2O2. The zero-order chi connectivity index (χ0) is 21.5. The van der Waals surface area contributed by atoms with Gasteiger partial charge in [0, 0.05) is 22.5 Å². The number of rotatable bonds is 4. The number of fused-ring (bicyclic) bond motifs is 4. The topological polar surface area (TPSA) is 54.1 Å². The highest BCUT2D eigenvalue weighted by Gasteiger charge is 2.51. The molecule has 1 aromatic heterocycles. The van der Waals surface area contributed by atoms with Gasteiger partial charge in [-0.05, 0) is 51.2 Å². The monoisotopic (exact) mass is 410 g/mol. The lowest BCUT2D eigenvalue weighted by molar-refractivity contribution is -0.160. The highest BCUT2D eigenvalue weighted by Crippen LogP contribution is 2.50. The van der Waals surface area contributed by atoms with Crippen LogP contribution in [0.2, 0.25) is 0 Å². The fourth-order valence-corrected chi connectivity index (χ4v) is 5.94. The van der Waals surface area contributed by atoms with Crippen LogP contribution in [0.3, 0.4) is 0 Å². The molecule has 4 rings (SSSR count). The van der Waals surface area contributed by atoms with E-state index < -0.39 is 5.60 Å². The summed E-state index contributed by atoms with van der Waals surface area (Å²) < 4.78 is 5.97. The van der Waals surface area contributed by atoms with Crippen LogP contribution in [0, 0.1) is 5.92 Å². The van der Waals surface area contributed by atoms with Gasteiger partial charge in [0.05, 0.1) is 5.54 Å². The van der Waals surface area contributed by atoms with E-state index in [0.29, 0.717) is 5.92 Å². The van der Waals surface area contributed by atoms with Crippen LogP contribution in [-0.2, 0) is 15.1 Å². The minimum Gasteiger partial charge on any atom is -0.459 e. The van der Waals surface area contributed by atoms with Crippen LogP contribution in [0.5, 0.6) is 0 Å². The third-order valence-corrected chi connectivity index (χ3v) is 7.27. The van der Waals surface area contributed by atoms with Crippen molar-refractivity contribution in [3.63, 3.8) is 0 Å². The van der Waals surface area contributed by atoms with Crippen LogP contribution in [0.1, 0.15) is 96.7 Å². The summed E-state index contributed by atoms with van der Waals surface area (Å²) in [5, 5.41) is 5.18. The molecule has 4 nitrogen and oxygen atoms in total. The summed E-state index contributed by atoms with van der Waals surface area (Å²) >= 11 is 0. The van der Waals surface area contributed by atoms with E-state index in [1.165, 1.54) is 41.4 Å². The lowest BCUT2D eigenvalue weighted by Gasteiger charge is -2.49. The van der Waals surface area contributed by atoms with Gasteiger partial charge in [0.25, 0.3) is 0 Å². The largest absolute Gasteiger partial charge is 0.459 e. The van der Waals surface area contributed by atoms with Crippen molar-refractivity contribution in [2.24, 2.45) is 5.92 Å². The van der Waals surface area contributed by atoms with Crippen molar-refractivity contribution in [1.82, 2.24) is 10.3 Å². The Kier molecular flexibility index (Phi) is 5.73. The molecule has 0 saturated heterocycles. The van der Waals surface area contributed by atoms with Gasteiger partial charge in [0.15, 0.2) is 0 Å². The smallest absolute Gasteiger partial charge is 0.324 e. The first-order chi connectivity index (χ1) is 14.3. The van der Waals surface area contributed by atoms with Gasteiger partial charge in [0.2, 0.25) is 0 Å². The van der Waals surface area contributed by atoms with Gasteiger partial charge in [0.1, 0.15) is 11.6 Å². The molecule has 0 radical (unpaired) electrons. The van der Waals surface area contributed by atoms with E-state index in [2.05, 4.69) is 48.4 Å². The Morgan fingerprint density at radius 2 is 1.80 bits per heavy atom. The lowest BCUT2D eigenvalue weighted by atomic mass is 9.67. The van der Waals surface area contributed by atoms with Gasteiger partial charge >= 0.3 is 5.97 Å². The Bertz CT molecular complexity index is 897. The Balaban J connectivity index is 1.92. The third kappa shape index (κ3) is 3.68. The number of ether oxygens (including phenoxy) is 1. The predicted octanol–water partition coefficient (Wildman–Crippen LogP) is 6.16. The first-order valence-corrected chi connectivity index (χ1v) is 11.9. The molecular weight excluding hydrogens is 372 g/mol. The Morgan fingerprint density at radius 3 is 2.43 bits per heavy atom. The van der Waals surface area contributed by atoms with Crippen LogP contribution in [0.25, 0.3) is 10.9 Å². The summed E-state index contributed by atoms with van der Waals surface area (Å²) in [6.07, 6.45) is 7.90. The average Bonchev–Trinajstić information content (AvgIpc) is 3.10. The standard InChI is InChI=1S/C26H38N2O2/c1-6-17(7-2)20-21-18-13-9-10-14-19(18)27-23(21)26(15-11-8-12-16-26)28-22(20)24(29)30-25(3,4)5/h9-10,13-14,17,20,22,27-28H,6-8,11-12,15-16H2,1-5H3/t20-,22+/m1/s1. The predicted molar refractivity (Wildman–Crippen MR) is 123 cm³/mol. The first kappa shape index (κ1) is 21.4. The van der Waals surface area contributed by atoms with Crippen LogP contribution in [0.15, 0.2) is 24.3 Å². The Labute approximate surface area is 181 Å². The van der Waals surface area contributed by atoms with E-state index in [1.54, 1.807) is 0 Å². The molecule has 30 heavy (non-hydrogen) atoms. The number of nitrogens with one attached hydrogen (secondary N) is 2. The van der Waals surface area contributed by atoms with Crippen LogP contribution in [-0.4, -0.2) is 22.6 Å². The molecule has 1 aromatic carbocycles. The van der Waals surface area contributed by atoms with Crippen molar-refractivity contribution in [3.05, 3.63) is 35.5 Å². The summed E-state index contributed by atoms with van der Waals surface area (Å²) in [5.41, 5.74) is 3.25. The van der Waals surface area contributed by atoms with E-state index in [9.17, 15) is 4.79 Å². The third-order valence-electron chi connectivity index (χ3n) is 7.27. The highest BCUT2D eigenvalue weighted by molar-refractivity contribution is 5.88.